The summed E-state index contributed by atoms with van der Waals surface area (Å²) in [6.07, 6.45) is -0.499. The van der Waals surface area contributed by atoms with E-state index in [1.165, 1.54) is 22.3 Å². The Labute approximate surface area is 189 Å². The second kappa shape index (κ2) is 8.79. The number of ether oxygens (including phenoxy) is 1. The highest BCUT2D eigenvalue weighted by Gasteiger charge is 2.29. The maximum absolute atomic E-state index is 12.4. The molecule has 30 heavy (non-hydrogen) atoms. The zero-order valence-electron chi connectivity index (χ0n) is 16.4. The van der Waals surface area contributed by atoms with E-state index >= 15 is 0 Å². The first-order valence-corrected chi connectivity index (χ1v) is 10.8. The maximum atomic E-state index is 12.4. The molecule has 3 aromatic rings. The molecule has 0 aromatic heterocycles. The zero-order chi connectivity index (χ0) is 21.3. The van der Waals surface area contributed by atoms with Crippen molar-refractivity contribution in [1.29, 1.82) is 0 Å². The van der Waals surface area contributed by atoms with Crippen molar-refractivity contribution in [2.24, 2.45) is 0 Å². The Morgan fingerprint density at radius 3 is 2.27 bits per heavy atom. The van der Waals surface area contributed by atoms with Crippen LogP contribution in [0.1, 0.15) is 28.2 Å². The molecule has 0 fully saturated rings. The molecule has 1 aliphatic carbocycles. The van der Waals surface area contributed by atoms with Crippen molar-refractivity contribution >= 4 is 41.3 Å². The lowest BCUT2D eigenvalue weighted by Crippen LogP contribution is -2.32. The van der Waals surface area contributed by atoms with Gasteiger partial charge < -0.3 is 20.1 Å². The van der Waals surface area contributed by atoms with Gasteiger partial charge in [0, 0.05) is 16.0 Å². The smallest absolute Gasteiger partial charge is 0.449 e. The van der Waals surface area contributed by atoms with Crippen LogP contribution in [-0.2, 0) is 11.3 Å². The Morgan fingerprint density at radius 2 is 1.67 bits per heavy atom. The Morgan fingerprint density at radius 1 is 1.07 bits per heavy atom. The van der Waals surface area contributed by atoms with Gasteiger partial charge in [-0.1, -0.05) is 54.6 Å². The van der Waals surface area contributed by atoms with Crippen molar-refractivity contribution in [1.82, 2.24) is 5.32 Å². The fraction of sp³-hybridized carbons (Fsp3) is 0.174. The van der Waals surface area contributed by atoms with Crippen LogP contribution >= 0.6 is 22.6 Å². The van der Waals surface area contributed by atoms with E-state index in [1.807, 2.05) is 31.2 Å². The predicted octanol–water partition coefficient (Wildman–Crippen LogP) is 3.32. The summed E-state index contributed by atoms with van der Waals surface area (Å²) in [6.45, 7) is 2.44. The first-order chi connectivity index (χ1) is 14.5. The van der Waals surface area contributed by atoms with Crippen LogP contribution in [0.5, 0.6) is 0 Å². The molecule has 0 spiro atoms. The van der Waals surface area contributed by atoms with Crippen molar-refractivity contribution in [2.45, 2.75) is 19.4 Å². The molecule has 1 amide bonds. The fourth-order valence-corrected chi connectivity index (χ4v) is 4.61. The summed E-state index contributed by atoms with van der Waals surface area (Å²) < 4.78 is 6.46. The molecule has 3 N–H and O–H groups in total. The van der Waals surface area contributed by atoms with Gasteiger partial charge in [0.25, 0.3) is 0 Å². The van der Waals surface area contributed by atoms with Gasteiger partial charge in [-0.05, 0) is 74.4 Å². The summed E-state index contributed by atoms with van der Waals surface area (Å²) in [7, 11) is -1.55. The van der Waals surface area contributed by atoms with Gasteiger partial charge >= 0.3 is 13.2 Å². The van der Waals surface area contributed by atoms with Gasteiger partial charge in [0.05, 0.1) is 0 Å². The van der Waals surface area contributed by atoms with Gasteiger partial charge in [-0.25, -0.2) is 4.79 Å². The van der Waals surface area contributed by atoms with Crippen LogP contribution in [0.2, 0.25) is 0 Å². The van der Waals surface area contributed by atoms with Crippen molar-refractivity contribution in [3.63, 3.8) is 0 Å². The number of hydrogen-bond acceptors (Lipinski definition) is 4. The molecule has 0 saturated heterocycles. The van der Waals surface area contributed by atoms with E-state index in [1.54, 1.807) is 12.1 Å². The number of nitrogens with one attached hydrogen (secondary N) is 1. The van der Waals surface area contributed by atoms with E-state index in [-0.39, 0.29) is 19.1 Å². The SMILES string of the molecule is Cc1c(I)cc(B(O)O)cc1CNC(=O)OCC1c2ccccc2-c2ccccc21. The standard InChI is InChI=1S/C23H21BINO4/c1-14-15(10-16(24(28)29)11-22(14)25)12-26-23(27)30-13-21-19-8-4-2-6-17(19)18-7-3-5-9-20(18)21/h2-11,21,28-29H,12-13H2,1H3,(H,26,27). The minimum Gasteiger partial charge on any atom is -0.449 e. The van der Waals surface area contributed by atoms with E-state index in [0.717, 1.165) is 14.7 Å². The van der Waals surface area contributed by atoms with Crippen LogP contribution < -0.4 is 10.8 Å². The molecule has 0 aliphatic heterocycles. The highest BCUT2D eigenvalue weighted by Crippen LogP contribution is 2.44. The minimum atomic E-state index is -1.55. The summed E-state index contributed by atoms with van der Waals surface area (Å²) in [4.78, 5) is 12.4. The normalized spacial score (nSPS) is 12.3. The number of hydrogen-bond donors (Lipinski definition) is 3. The Kier molecular flexibility index (Phi) is 6.12. The molecular weight excluding hydrogens is 492 g/mol. The van der Waals surface area contributed by atoms with Gasteiger partial charge in [0.2, 0.25) is 0 Å². The van der Waals surface area contributed by atoms with Gasteiger partial charge in [0.1, 0.15) is 6.61 Å². The molecule has 0 saturated carbocycles. The van der Waals surface area contributed by atoms with Gasteiger partial charge in [-0.2, -0.15) is 0 Å². The number of alkyl carbamates (subject to hydrolysis) is 1. The summed E-state index contributed by atoms with van der Waals surface area (Å²) in [5.41, 5.74) is 6.91. The fourth-order valence-electron chi connectivity index (χ4n) is 3.91. The molecular formula is C23H21BINO4. The number of carbonyl (C=O) groups excluding carboxylic acids is 1. The zero-order valence-corrected chi connectivity index (χ0v) is 18.6. The molecule has 1 aliphatic rings. The molecule has 0 unspecified atom stereocenters. The maximum Gasteiger partial charge on any atom is 0.488 e. The van der Waals surface area contributed by atoms with Gasteiger partial charge in [-0.15, -0.1) is 0 Å². The molecule has 3 aromatic carbocycles. The average Bonchev–Trinajstić information content (AvgIpc) is 3.07. The molecule has 5 nitrogen and oxygen atoms in total. The number of amides is 1. The van der Waals surface area contributed by atoms with Gasteiger partial charge in [-0.3, -0.25) is 0 Å². The summed E-state index contributed by atoms with van der Waals surface area (Å²) in [5.74, 6) is 0.0127. The molecule has 4 rings (SSSR count). The van der Waals surface area contributed by atoms with E-state index < -0.39 is 13.2 Å². The Balaban J connectivity index is 1.43. The second-order valence-electron chi connectivity index (χ2n) is 7.34. The molecule has 152 valence electrons. The number of benzene rings is 3. The van der Waals surface area contributed by atoms with E-state index in [4.69, 9.17) is 4.74 Å². The molecule has 7 heteroatoms. The van der Waals surface area contributed by atoms with Crippen LogP contribution in [0, 0.1) is 10.5 Å². The summed E-state index contributed by atoms with van der Waals surface area (Å²) >= 11 is 2.14. The van der Waals surface area contributed by atoms with Crippen LogP contribution in [0.4, 0.5) is 4.79 Å². The quantitative estimate of drug-likeness (QED) is 0.362. The third kappa shape index (κ3) is 4.10. The van der Waals surface area contributed by atoms with Crippen molar-refractivity contribution in [3.8, 4) is 11.1 Å². The van der Waals surface area contributed by atoms with Crippen molar-refractivity contribution in [3.05, 3.63) is 86.5 Å². The topological polar surface area (TPSA) is 78.8 Å². The van der Waals surface area contributed by atoms with E-state index in [0.29, 0.717) is 5.46 Å². The largest absolute Gasteiger partial charge is 0.488 e. The number of fused-ring (bicyclic) bond motifs is 3. The highest BCUT2D eigenvalue weighted by molar-refractivity contribution is 14.1. The highest BCUT2D eigenvalue weighted by atomic mass is 127. The van der Waals surface area contributed by atoms with Crippen LogP contribution in [-0.4, -0.2) is 29.9 Å². The van der Waals surface area contributed by atoms with Crippen LogP contribution in [0.25, 0.3) is 11.1 Å². The summed E-state index contributed by atoms with van der Waals surface area (Å²) in [5, 5.41) is 21.7. The van der Waals surface area contributed by atoms with Crippen molar-refractivity contribution < 1.29 is 19.6 Å². The van der Waals surface area contributed by atoms with Gasteiger partial charge in [0.15, 0.2) is 0 Å². The first kappa shape index (κ1) is 20.9. The van der Waals surface area contributed by atoms with E-state index in [2.05, 4.69) is 52.2 Å². The lowest BCUT2D eigenvalue weighted by Gasteiger charge is -2.15. The van der Waals surface area contributed by atoms with Crippen molar-refractivity contribution in [2.75, 3.05) is 6.61 Å². The third-order valence-corrected chi connectivity index (χ3v) is 6.66. The molecule has 0 atom stereocenters. The Bertz CT molecular complexity index is 1060. The first-order valence-electron chi connectivity index (χ1n) is 9.69. The lowest BCUT2D eigenvalue weighted by atomic mass is 9.79. The van der Waals surface area contributed by atoms with E-state index in [9.17, 15) is 14.8 Å². The predicted molar refractivity (Wildman–Crippen MR) is 126 cm³/mol. The Hall–Kier alpha value is -2.36. The number of halogens is 1. The summed E-state index contributed by atoms with van der Waals surface area (Å²) in [6, 6.07) is 19.8. The lowest BCUT2D eigenvalue weighted by molar-refractivity contribution is 0.142. The number of rotatable bonds is 5. The monoisotopic (exact) mass is 513 g/mol. The number of carbonyl (C=O) groups is 1. The van der Waals surface area contributed by atoms with Crippen LogP contribution in [0.3, 0.4) is 0 Å². The molecule has 0 bridgehead atoms. The average molecular weight is 513 g/mol. The molecule has 0 radical (unpaired) electrons. The second-order valence-corrected chi connectivity index (χ2v) is 8.50. The third-order valence-electron chi connectivity index (χ3n) is 5.54. The molecule has 0 heterocycles. The van der Waals surface area contributed by atoms with Crippen LogP contribution in [0.15, 0.2) is 60.7 Å². The minimum absolute atomic E-state index is 0.0127.